The Morgan fingerprint density at radius 2 is 1.88 bits per heavy atom. The summed E-state index contributed by atoms with van der Waals surface area (Å²) in [5, 5.41) is 5.84. The molecule has 0 fully saturated rings. The molecule has 0 saturated carbocycles. The second-order valence-electron chi connectivity index (χ2n) is 4.98. The van der Waals surface area contributed by atoms with Gasteiger partial charge in [0.1, 0.15) is 10.8 Å². The summed E-state index contributed by atoms with van der Waals surface area (Å²) in [6.45, 7) is -0.598. The molecular weight excluding hydrogens is 379 g/mol. The molecule has 3 rings (SSSR count). The van der Waals surface area contributed by atoms with Crippen LogP contribution in [0, 0.1) is 5.82 Å². The number of carbonyl (C=O) groups excluding carboxylic acids is 3. The van der Waals surface area contributed by atoms with Crippen LogP contribution in [0.5, 0.6) is 0 Å². The molecule has 9 heteroatoms. The van der Waals surface area contributed by atoms with E-state index in [1.807, 2.05) is 0 Å². The van der Waals surface area contributed by atoms with E-state index in [1.165, 1.54) is 40.2 Å². The number of aromatic nitrogens is 1. The molecule has 0 bridgehead atoms. The minimum atomic E-state index is -0.784. The molecule has 1 aromatic carbocycles. The molecule has 1 N–H and O–H groups in total. The summed E-state index contributed by atoms with van der Waals surface area (Å²) in [7, 11) is 0. The lowest BCUT2D eigenvalue weighted by molar-refractivity contribution is -0.123. The lowest BCUT2D eigenvalue weighted by Gasteiger charge is -2.03. The Bertz CT molecular complexity index is 936. The maximum absolute atomic E-state index is 12.9. The summed E-state index contributed by atoms with van der Waals surface area (Å²) in [5.74, 6) is -2.43. The molecule has 3 aromatic rings. The van der Waals surface area contributed by atoms with Crippen LogP contribution >= 0.6 is 22.7 Å². The Morgan fingerprint density at radius 1 is 1.12 bits per heavy atom. The van der Waals surface area contributed by atoms with E-state index in [4.69, 9.17) is 4.74 Å². The zero-order chi connectivity index (χ0) is 18.5. The quantitative estimate of drug-likeness (QED) is 0.677. The molecule has 6 nitrogen and oxygen atoms in total. The van der Waals surface area contributed by atoms with Crippen molar-refractivity contribution in [3.63, 3.8) is 0 Å². The van der Waals surface area contributed by atoms with Gasteiger partial charge in [-0.3, -0.25) is 14.9 Å². The van der Waals surface area contributed by atoms with Crippen LogP contribution in [0.3, 0.4) is 0 Å². The fraction of sp³-hybridized carbons (Fsp3) is 0.0588. The van der Waals surface area contributed by atoms with Gasteiger partial charge in [-0.15, -0.1) is 22.7 Å². The molecule has 0 aliphatic heterocycles. The van der Waals surface area contributed by atoms with Crippen molar-refractivity contribution in [1.82, 2.24) is 10.3 Å². The molecule has 0 aliphatic rings. The number of nitrogens with zero attached hydrogens (tertiary/aromatic N) is 1. The third-order valence-electron chi connectivity index (χ3n) is 3.14. The van der Waals surface area contributed by atoms with Gasteiger partial charge >= 0.3 is 5.97 Å². The first-order valence-corrected chi connectivity index (χ1v) is 9.05. The summed E-state index contributed by atoms with van der Waals surface area (Å²) < 4.78 is 17.8. The Labute approximate surface area is 155 Å². The second kappa shape index (κ2) is 7.98. The Morgan fingerprint density at radius 3 is 2.58 bits per heavy atom. The van der Waals surface area contributed by atoms with Crippen LogP contribution in [0.2, 0.25) is 0 Å². The van der Waals surface area contributed by atoms with Gasteiger partial charge in [0.15, 0.2) is 12.3 Å². The highest BCUT2D eigenvalue weighted by Gasteiger charge is 2.17. The average Bonchev–Trinajstić information content (AvgIpc) is 3.32. The van der Waals surface area contributed by atoms with E-state index >= 15 is 0 Å². The number of imide groups is 1. The van der Waals surface area contributed by atoms with Crippen molar-refractivity contribution >= 4 is 40.5 Å². The molecule has 0 atom stereocenters. The molecule has 0 unspecified atom stereocenters. The molecular formula is C17H11FN2O4S2. The topological polar surface area (TPSA) is 85.4 Å². The van der Waals surface area contributed by atoms with Gasteiger partial charge in [0, 0.05) is 10.9 Å². The molecule has 2 aromatic heterocycles. The molecule has 0 radical (unpaired) electrons. The maximum atomic E-state index is 12.9. The van der Waals surface area contributed by atoms with Gasteiger partial charge in [-0.1, -0.05) is 6.07 Å². The SMILES string of the molecule is O=C(COC(=O)c1csc(-c2ccc(F)cc2)n1)NC(=O)c1cccs1. The lowest BCUT2D eigenvalue weighted by atomic mass is 10.2. The van der Waals surface area contributed by atoms with Gasteiger partial charge < -0.3 is 4.74 Å². The number of hydrogen-bond donors (Lipinski definition) is 1. The highest BCUT2D eigenvalue weighted by Crippen LogP contribution is 2.24. The average molecular weight is 390 g/mol. The first-order valence-electron chi connectivity index (χ1n) is 7.29. The lowest BCUT2D eigenvalue weighted by Crippen LogP contribution is -2.33. The van der Waals surface area contributed by atoms with Crippen LogP contribution in [0.1, 0.15) is 20.2 Å². The smallest absolute Gasteiger partial charge is 0.358 e. The van der Waals surface area contributed by atoms with Crippen molar-refractivity contribution in [3.8, 4) is 10.6 Å². The monoisotopic (exact) mass is 390 g/mol. The van der Waals surface area contributed by atoms with Crippen molar-refractivity contribution in [2.24, 2.45) is 0 Å². The molecule has 26 heavy (non-hydrogen) atoms. The fourth-order valence-electron chi connectivity index (χ4n) is 1.93. The number of amides is 2. The van der Waals surface area contributed by atoms with Gasteiger partial charge in [0.25, 0.3) is 11.8 Å². The number of esters is 1. The summed E-state index contributed by atoms with van der Waals surface area (Å²) in [4.78, 5) is 39.9. The standard InChI is InChI=1S/C17H11FN2O4S2/c18-11-5-3-10(4-6-11)16-19-12(9-26-16)17(23)24-8-14(21)20-15(22)13-2-1-7-25-13/h1-7,9H,8H2,(H,20,21,22). The van der Waals surface area contributed by atoms with Crippen molar-refractivity contribution in [2.45, 2.75) is 0 Å². The molecule has 2 amide bonds. The van der Waals surface area contributed by atoms with E-state index in [-0.39, 0.29) is 11.5 Å². The minimum absolute atomic E-state index is 0.0340. The van der Waals surface area contributed by atoms with E-state index in [2.05, 4.69) is 10.3 Å². The number of carbonyl (C=O) groups is 3. The van der Waals surface area contributed by atoms with E-state index in [0.717, 1.165) is 0 Å². The third kappa shape index (κ3) is 4.38. The van der Waals surface area contributed by atoms with E-state index in [1.54, 1.807) is 29.6 Å². The zero-order valence-electron chi connectivity index (χ0n) is 13.1. The second-order valence-corrected chi connectivity index (χ2v) is 6.78. The number of thiazole rings is 1. The number of nitrogens with one attached hydrogen (secondary N) is 1. The molecule has 0 saturated heterocycles. The van der Waals surface area contributed by atoms with Gasteiger partial charge in [-0.25, -0.2) is 14.2 Å². The Balaban J connectivity index is 1.54. The summed E-state index contributed by atoms with van der Waals surface area (Å²) >= 11 is 2.38. The normalized spacial score (nSPS) is 10.3. The van der Waals surface area contributed by atoms with Crippen LogP contribution in [0.4, 0.5) is 4.39 Å². The number of halogens is 1. The number of thiophene rings is 1. The predicted octanol–water partition coefficient (Wildman–Crippen LogP) is 3.12. The van der Waals surface area contributed by atoms with Gasteiger partial charge in [-0.2, -0.15) is 0 Å². The number of rotatable bonds is 5. The first-order chi connectivity index (χ1) is 12.5. The van der Waals surface area contributed by atoms with Crippen molar-refractivity contribution in [3.05, 3.63) is 63.5 Å². The summed E-state index contributed by atoms with van der Waals surface area (Å²) in [6.07, 6.45) is 0. The molecule has 0 spiro atoms. The van der Waals surface area contributed by atoms with Gasteiger partial charge in [-0.05, 0) is 35.7 Å². The van der Waals surface area contributed by atoms with Crippen LogP contribution in [0.15, 0.2) is 47.2 Å². The van der Waals surface area contributed by atoms with E-state index in [9.17, 15) is 18.8 Å². The van der Waals surface area contributed by atoms with Crippen LogP contribution in [-0.4, -0.2) is 29.4 Å². The highest BCUT2D eigenvalue weighted by atomic mass is 32.1. The first kappa shape index (κ1) is 17.9. The number of hydrogen-bond acceptors (Lipinski definition) is 7. The Kier molecular flexibility index (Phi) is 5.49. The molecule has 2 heterocycles. The van der Waals surface area contributed by atoms with Crippen molar-refractivity contribution in [1.29, 1.82) is 0 Å². The van der Waals surface area contributed by atoms with Crippen LogP contribution in [-0.2, 0) is 9.53 Å². The number of ether oxygens (including phenoxy) is 1. The van der Waals surface area contributed by atoms with Crippen molar-refractivity contribution in [2.75, 3.05) is 6.61 Å². The fourth-order valence-corrected chi connectivity index (χ4v) is 3.34. The van der Waals surface area contributed by atoms with E-state index in [0.29, 0.717) is 15.4 Å². The predicted molar refractivity (Wildman–Crippen MR) is 94.6 cm³/mol. The van der Waals surface area contributed by atoms with Crippen LogP contribution < -0.4 is 5.32 Å². The molecule has 0 aliphatic carbocycles. The minimum Gasteiger partial charge on any atom is -0.451 e. The third-order valence-corrected chi connectivity index (χ3v) is 4.90. The zero-order valence-corrected chi connectivity index (χ0v) is 14.7. The molecule has 132 valence electrons. The maximum Gasteiger partial charge on any atom is 0.358 e. The van der Waals surface area contributed by atoms with E-state index < -0.39 is 24.4 Å². The van der Waals surface area contributed by atoms with Crippen molar-refractivity contribution < 1.29 is 23.5 Å². The van der Waals surface area contributed by atoms with Gasteiger partial charge in [0.05, 0.1) is 4.88 Å². The van der Waals surface area contributed by atoms with Crippen LogP contribution in [0.25, 0.3) is 10.6 Å². The van der Waals surface area contributed by atoms with Gasteiger partial charge in [0.2, 0.25) is 0 Å². The number of benzene rings is 1. The summed E-state index contributed by atoms with van der Waals surface area (Å²) in [5.41, 5.74) is 0.696. The summed E-state index contributed by atoms with van der Waals surface area (Å²) in [6, 6.07) is 8.95. The Hall–Kier alpha value is -2.91. The largest absolute Gasteiger partial charge is 0.451 e. The highest BCUT2D eigenvalue weighted by molar-refractivity contribution is 7.13.